The number of benzene rings is 9. The molecule has 0 aliphatic heterocycles. The van der Waals surface area contributed by atoms with Crippen LogP contribution in [0.25, 0.3) is 111 Å². The molecule has 0 saturated heterocycles. The van der Waals surface area contributed by atoms with E-state index in [2.05, 4.69) is 215 Å². The predicted octanol–water partition coefficient (Wildman–Crippen LogP) is 14.4. The molecule has 0 unspecified atom stereocenters. The highest BCUT2D eigenvalue weighted by Crippen LogP contribution is 2.42. The molecule has 12 rings (SSSR count). The molecule has 0 fully saturated rings. The van der Waals surface area contributed by atoms with Crippen LogP contribution in [0.3, 0.4) is 0 Å². The molecule has 0 bridgehead atoms. The first-order valence-electron chi connectivity index (χ1n) is 21.0. The van der Waals surface area contributed by atoms with Crippen molar-refractivity contribution in [2.75, 3.05) is 0 Å². The maximum Gasteiger partial charge on any atom is 0.164 e. The maximum absolute atomic E-state index is 5.50. The number of para-hydroxylation sites is 2. The fraction of sp³-hybridized carbons (Fsp3) is 0. The topological polar surface area (TPSA) is 48.5 Å². The summed E-state index contributed by atoms with van der Waals surface area (Å²) in [6.45, 7) is 0. The summed E-state index contributed by atoms with van der Waals surface area (Å²) in [5.74, 6) is 1.85. The molecule has 0 saturated carbocycles. The quantitative estimate of drug-likeness (QED) is 0.162. The van der Waals surface area contributed by atoms with Gasteiger partial charge in [-0.2, -0.15) is 0 Å². The molecule has 290 valence electrons. The molecule has 5 heteroatoms. The normalized spacial score (nSPS) is 11.5. The van der Waals surface area contributed by atoms with Crippen LogP contribution in [0.5, 0.6) is 0 Å². The zero-order valence-corrected chi connectivity index (χ0v) is 33.6. The molecule has 0 amide bonds. The van der Waals surface area contributed by atoms with Gasteiger partial charge in [0.25, 0.3) is 0 Å². The molecule has 3 aromatic heterocycles. The highest BCUT2D eigenvalue weighted by Gasteiger charge is 2.23. The van der Waals surface area contributed by atoms with Crippen LogP contribution in [0, 0.1) is 0 Å². The van der Waals surface area contributed by atoms with Gasteiger partial charge in [-0.1, -0.05) is 164 Å². The van der Waals surface area contributed by atoms with E-state index in [9.17, 15) is 0 Å². The third-order valence-electron chi connectivity index (χ3n) is 12.0. The summed E-state index contributed by atoms with van der Waals surface area (Å²) in [6.07, 6.45) is 0. The van der Waals surface area contributed by atoms with Crippen molar-refractivity contribution < 1.29 is 0 Å². The van der Waals surface area contributed by atoms with Gasteiger partial charge in [0.05, 0.1) is 22.1 Å². The minimum Gasteiger partial charge on any atom is -0.309 e. The summed E-state index contributed by atoms with van der Waals surface area (Å²) >= 11 is 0. The zero-order valence-electron chi connectivity index (χ0n) is 33.6. The lowest BCUT2D eigenvalue weighted by Gasteiger charge is -2.11. The van der Waals surface area contributed by atoms with Crippen LogP contribution >= 0.6 is 0 Å². The summed E-state index contributed by atoms with van der Waals surface area (Å²) in [5, 5.41) is 4.44. The Kier molecular flexibility index (Phi) is 8.42. The Morgan fingerprint density at radius 1 is 0.258 bits per heavy atom. The summed E-state index contributed by atoms with van der Waals surface area (Å²) in [6, 6.07) is 79.2. The second-order valence-electron chi connectivity index (χ2n) is 15.6. The van der Waals surface area contributed by atoms with Crippen LogP contribution < -0.4 is 0 Å². The van der Waals surface area contributed by atoms with Crippen molar-refractivity contribution in [2.24, 2.45) is 0 Å². The lowest BCUT2D eigenvalue weighted by atomic mass is 10.00. The average molecular weight is 792 g/mol. The van der Waals surface area contributed by atoms with E-state index in [1.165, 1.54) is 11.1 Å². The first-order valence-corrected chi connectivity index (χ1v) is 21.0. The molecule has 12 aromatic rings. The van der Waals surface area contributed by atoms with Crippen molar-refractivity contribution in [3.8, 4) is 67.8 Å². The van der Waals surface area contributed by atoms with Crippen molar-refractivity contribution in [1.82, 2.24) is 24.1 Å². The number of fused-ring (bicyclic) bond motifs is 6. The van der Waals surface area contributed by atoms with E-state index in [-0.39, 0.29) is 0 Å². The molecule has 0 atom stereocenters. The van der Waals surface area contributed by atoms with Crippen LogP contribution in [0.2, 0.25) is 0 Å². The predicted molar refractivity (Wildman–Crippen MR) is 256 cm³/mol. The Labute approximate surface area is 358 Å². The molecule has 0 N–H and O–H groups in total. The van der Waals surface area contributed by atoms with Gasteiger partial charge in [-0.05, 0) is 82.9 Å². The molecule has 0 aliphatic carbocycles. The second-order valence-corrected chi connectivity index (χ2v) is 15.6. The number of rotatable bonds is 7. The van der Waals surface area contributed by atoms with Crippen LogP contribution in [-0.2, 0) is 0 Å². The Bertz CT molecular complexity index is 3380. The van der Waals surface area contributed by atoms with E-state index in [4.69, 9.17) is 15.0 Å². The fourth-order valence-corrected chi connectivity index (χ4v) is 9.18. The average Bonchev–Trinajstić information content (AvgIpc) is 3.87. The summed E-state index contributed by atoms with van der Waals surface area (Å²) < 4.78 is 4.71. The van der Waals surface area contributed by atoms with Gasteiger partial charge in [0.2, 0.25) is 0 Å². The second kappa shape index (κ2) is 14.7. The molecule has 5 nitrogen and oxygen atoms in total. The molecular formula is C57H37N5. The monoisotopic (exact) mass is 791 g/mol. The van der Waals surface area contributed by atoms with Gasteiger partial charge in [-0.25, -0.2) is 15.0 Å². The first kappa shape index (κ1) is 35.5. The summed E-state index contributed by atoms with van der Waals surface area (Å²) in [7, 11) is 0. The van der Waals surface area contributed by atoms with Gasteiger partial charge in [0.1, 0.15) is 0 Å². The van der Waals surface area contributed by atoms with Crippen LogP contribution in [0.15, 0.2) is 224 Å². The lowest BCUT2D eigenvalue weighted by molar-refractivity contribution is 1.08. The van der Waals surface area contributed by atoms with Gasteiger partial charge in [-0.3, -0.25) is 0 Å². The van der Waals surface area contributed by atoms with Crippen molar-refractivity contribution >= 4 is 43.6 Å². The Morgan fingerprint density at radius 3 is 1.05 bits per heavy atom. The molecule has 62 heavy (non-hydrogen) atoms. The Balaban J connectivity index is 1.16. The third kappa shape index (κ3) is 5.90. The zero-order chi connectivity index (χ0) is 41.0. The smallest absolute Gasteiger partial charge is 0.164 e. The van der Waals surface area contributed by atoms with E-state index < -0.39 is 0 Å². The fourth-order valence-electron chi connectivity index (χ4n) is 9.18. The van der Waals surface area contributed by atoms with E-state index >= 15 is 0 Å². The standard InChI is InChI=1S/C57H37N5/c1-6-18-38(19-7-1)41-32-34-49-47(36-41)53-45(28-16-30-51(53)61(49)43-24-12-4-13-25-43)56-58-55(40-22-10-3-11-23-40)59-57(60-56)46-29-17-31-52-54(46)48-37-42(39-20-8-2-9-21-39)33-35-50(48)62(52)44-26-14-5-15-27-44/h1-37H. The lowest BCUT2D eigenvalue weighted by Crippen LogP contribution is -2.01. The van der Waals surface area contributed by atoms with E-state index in [1.54, 1.807) is 0 Å². The van der Waals surface area contributed by atoms with Crippen LogP contribution in [0.1, 0.15) is 0 Å². The number of aromatic nitrogens is 5. The number of nitrogens with zero attached hydrogens (tertiary/aromatic N) is 5. The van der Waals surface area contributed by atoms with Gasteiger partial charge in [0, 0.05) is 49.6 Å². The molecule has 0 spiro atoms. The Morgan fingerprint density at radius 2 is 0.629 bits per heavy atom. The molecule has 0 aliphatic rings. The highest BCUT2D eigenvalue weighted by atomic mass is 15.0. The largest absolute Gasteiger partial charge is 0.309 e. The Hall–Kier alpha value is -8.41. The minimum absolute atomic E-state index is 0.616. The van der Waals surface area contributed by atoms with Gasteiger partial charge in [0.15, 0.2) is 17.5 Å². The van der Waals surface area contributed by atoms with Crippen LogP contribution in [-0.4, -0.2) is 24.1 Å². The molecular weight excluding hydrogens is 755 g/mol. The minimum atomic E-state index is 0.616. The molecule has 3 heterocycles. The van der Waals surface area contributed by atoms with Crippen molar-refractivity contribution in [2.45, 2.75) is 0 Å². The molecule has 0 radical (unpaired) electrons. The van der Waals surface area contributed by atoms with Crippen molar-refractivity contribution in [3.05, 3.63) is 224 Å². The number of hydrogen-bond donors (Lipinski definition) is 0. The van der Waals surface area contributed by atoms with E-state index in [1.807, 2.05) is 18.2 Å². The SMILES string of the molecule is c1ccc(-c2ccc3c(c2)c2c(-c4nc(-c5ccccc5)nc(-c5cccc6c5c5cc(-c7ccccc7)ccc5n6-c5ccccc5)n4)cccc2n3-c2ccccc2)cc1. The molecule has 9 aromatic carbocycles. The third-order valence-corrected chi connectivity index (χ3v) is 12.0. The van der Waals surface area contributed by atoms with Crippen molar-refractivity contribution in [3.63, 3.8) is 0 Å². The number of hydrogen-bond acceptors (Lipinski definition) is 3. The van der Waals surface area contributed by atoms with Gasteiger partial charge < -0.3 is 9.13 Å². The highest BCUT2D eigenvalue weighted by molar-refractivity contribution is 6.18. The van der Waals surface area contributed by atoms with Crippen LogP contribution in [0.4, 0.5) is 0 Å². The van der Waals surface area contributed by atoms with Gasteiger partial charge >= 0.3 is 0 Å². The maximum atomic E-state index is 5.50. The first-order chi connectivity index (χ1) is 30.8. The van der Waals surface area contributed by atoms with E-state index in [0.29, 0.717) is 17.5 Å². The van der Waals surface area contributed by atoms with Gasteiger partial charge in [-0.15, -0.1) is 0 Å². The van der Waals surface area contributed by atoms with Crippen molar-refractivity contribution in [1.29, 1.82) is 0 Å². The summed E-state index contributed by atoms with van der Waals surface area (Å²) in [4.78, 5) is 16.2. The summed E-state index contributed by atoms with van der Waals surface area (Å²) in [5.41, 5.74) is 14.0. The van der Waals surface area contributed by atoms with E-state index in [0.717, 1.165) is 82.8 Å².